The molecular formula is C13H10O3. The Morgan fingerprint density at radius 3 is 2.06 bits per heavy atom. The maximum atomic E-state index is 11.4. The van der Waals surface area contributed by atoms with Gasteiger partial charge in [-0.2, -0.15) is 0 Å². The molecule has 0 spiro atoms. The summed E-state index contributed by atoms with van der Waals surface area (Å²) in [6, 6.07) is 10.3. The number of aromatic carboxylic acids is 1. The van der Waals surface area contributed by atoms with Crippen LogP contribution in [0.2, 0.25) is 0 Å². The van der Waals surface area contributed by atoms with Crippen LogP contribution >= 0.6 is 0 Å². The number of Topliss-reactive ketones (excluding diaryl/α,β-unsaturated/α-hetero) is 1. The summed E-state index contributed by atoms with van der Waals surface area (Å²) in [4.78, 5) is 22.4. The standard InChI is InChI=1S/C13H10O3/c1-8(14)11-7-12(13(15)16)10-6-4-2-3-5-9(10)11/h2-7H,1H3,(H,15,16). The van der Waals surface area contributed by atoms with Gasteiger partial charge >= 0.3 is 5.97 Å². The minimum atomic E-state index is -1.01. The first kappa shape index (κ1) is 10.4. The molecule has 0 fully saturated rings. The molecule has 3 nitrogen and oxygen atoms in total. The lowest BCUT2D eigenvalue weighted by Gasteiger charge is -1.96. The molecule has 0 atom stereocenters. The summed E-state index contributed by atoms with van der Waals surface area (Å²) in [5, 5.41) is 9.05. The van der Waals surface area contributed by atoms with E-state index in [-0.39, 0.29) is 11.3 Å². The number of hydrogen-bond donors (Lipinski definition) is 1. The molecule has 0 amide bonds. The zero-order valence-corrected chi connectivity index (χ0v) is 8.73. The third kappa shape index (κ3) is 1.56. The van der Waals surface area contributed by atoms with Gasteiger partial charge in [-0.05, 0) is 24.1 Å². The average Bonchev–Trinajstić information content (AvgIpc) is 2.41. The monoisotopic (exact) mass is 214 g/mol. The molecule has 2 aliphatic carbocycles. The Kier molecular flexibility index (Phi) is 2.44. The van der Waals surface area contributed by atoms with Gasteiger partial charge in [0.15, 0.2) is 5.78 Å². The van der Waals surface area contributed by atoms with E-state index in [9.17, 15) is 9.59 Å². The summed E-state index contributed by atoms with van der Waals surface area (Å²) < 4.78 is 0. The zero-order chi connectivity index (χ0) is 11.7. The third-order valence-electron chi connectivity index (χ3n) is 2.52. The van der Waals surface area contributed by atoms with Crippen LogP contribution in [0.3, 0.4) is 0 Å². The van der Waals surface area contributed by atoms with Crippen LogP contribution in [0.15, 0.2) is 36.4 Å². The predicted octanol–water partition coefficient (Wildman–Crippen LogP) is 2.69. The molecule has 1 N–H and O–H groups in total. The molecule has 16 heavy (non-hydrogen) atoms. The Labute approximate surface area is 92.7 Å². The van der Waals surface area contributed by atoms with Crippen LogP contribution in [0.5, 0.6) is 0 Å². The summed E-state index contributed by atoms with van der Waals surface area (Å²) in [6.45, 7) is 1.44. The number of carboxylic acid groups (broad SMARTS) is 1. The lowest BCUT2D eigenvalue weighted by Crippen LogP contribution is -1.94. The Morgan fingerprint density at radius 1 is 1.00 bits per heavy atom. The number of fused-ring (bicyclic) bond motifs is 1. The smallest absolute Gasteiger partial charge is 0.336 e. The van der Waals surface area contributed by atoms with Gasteiger partial charge in [-0.3, -0.25) is 4.79 Å². The van der Waals surface area contributed by atoms with Crippen LogP contribution in [-0.4, -0.2) is 16.9 Å². The molecule has 0 bridgehead atoms. The van der Waals surface area contributed by atoms with Crippen molar-refractivity contribution < 1.29 is 14.7 Å². The number of rotatable bonds is 2. The van der Waals surface area contributed by atoms with Crippen molar-refractivity contribution in [3.05, 3.63) is 47.5 Å². The number of ketones is 1. The molecule has 0 saturated carbocycles. The van der Waals surface area contributed by atoms with Gasteiger partial charge in [0.05, 0.1) is 5.56 Å². The van der Waals surface area contributed by atoms with Crippen molar-refractivity contribution in [2.45, 2.75) is 6.92 Å². The summed E-state index contributed by atoms with van der Waals surface area (Å²) in [7, 11) is 0. The molecule has 0 aromatic carbocycles. The molecule has 0 aromatic rings. The Hall–Kier alpha value is -2.16. The van der Waals surface area contributed by atoms with E-state index in [1.807, 2.05) is 0 Å². The van der Waals surface area contributed by atoms with Crippen LogP contribution < -0.4 is 0 Å². The number of carbonyl (C=O) groups is 2. The third-order valence-corrected chi connectivity index (χ3v) is 2.52. The van der Waals surface area contributed by atoms with Crippen LogP contribution in [0.4, 0.5) is 0 Å². The van der Waals surface area contributed by atoms with Gasteiger partial charge in [0, 0.05) is 5.56 Å². The molecular weight excluding hydrogens is 204 g/mol. The molecule has 0 saturated heterocycles. The van der Waals surface area contributed by atoms with Crippen LogP contribution in [0.25, 0.3) is 11.1 Å². The van der Waals surface area contributed by atoms with Crippen LogP contribution in [0.1, 0.15) is 27.6 Å². The van der Waals surface area contributed by atoms with Crippen molar-refractivity contribution in [3.63, 3.8) is 0 Å². The second-order valence-electron chi connectivity index (χ2n) is 3.57. The van der Waals surface area contributed by atoms with Crippen molar-refractivity contribution in [1.29, 1.82) is 0 Å². The predicted molar refractivity (Wildman–Crippen MR) is 60.0 cm³/mol. The fraction of sp³-hybridized carbons (Fsp3) is 0.0769. The van der Waals surface area contributed by atoms with Gasteiger partial charge in [-0.15, -0.1) is 0 Å². The normalized spacial score (nSPS) is 10.3. The largest absolute Gasteiger partial charge is 0.478 e. The lowest BCUT2D eigenvalue weighted by atomic mass is 10.1. The summed E-state index contributed by atoms with van der Waals surface area (Å²) in [5.41, 5.74) is 1.93. The summed E-state index contributed by atoms with van der Waals surface area (Å²) >= 11 is 0. The van der Waals surface area contributed by atoms with E-state index in [2.05, 4.69) is 0 Å². The zero-order valence-electron chi connectivity index (χ0n) is 8.73. The molecule has 3 heteroatoms. The minimum Gasteiger partial charge on any atom is -0.478 e. The van der Waals surface area contributed by atoms with E-state index >= 15 is 0 Å². The van der Waals surface area contributed by atoms with Crippen molar-refractivity contribution in [2.24, 2.45) is 0 Å². The first-order valence-electron chi connectivity index (χ1n) is 4.87. The molecule has 0 aliphatic heterocycles. The Bertz CT molecular complexity index is 497. The molecule has 0 heterocycles. The maximum absolute atomic E-state index is 11.4. The highest BCUT2D eigenvalue weighted by atomic mass is 16.4. The van der Waals surface area contributed by atoms with Gasteiger partial charge in [-0.1, -0.05) is 30.3 Å². The van der Waals surface area contributed by atoms with E-state index in [1.54, 1.807) is 30.3 Å². The number of carboxylic acids is 1. The minimum absolute atomic E-state index is 0.122. The van der Waals surface area contributed by atoms with Crippen molar-refractivity contribution in [2.75, 3.05) is 0 Å². The van der Waals surface area contributed by atoms with Crippen molar-refractivity contribution in [1.82, 2.24) is 0 Å². The van der Waals surface area contributed by atoms with Crippen molar-refractivity contribution in [3.8, 4) is 11.1 Å². The van der Waals surface area contributed by atoms with E-state index in [1.165, 1.54) is 13.0 Å². The topological polar surface area (TPSA) is 54.4 Å². The SMILES string of the molecule is CC(=O)c1cc(C(=O)O)c2cccccc1-2. The molecule has 2 rings (SSSR count). The van der Waals surface area contributed by atoms with E-state index < -0.39 is 5.97 Å². The quantitative estimate of drug-likeness (QED) is 0.782. The number of carbonyl (C=O) groups excluding carboxylic acids is 1. The maximum Gasteiger partial charge on any atom is 0.336 e. The lowest BCUT2D eigenvalue weighted by molar-refractivity contribution is 0.0698. The van der Waals surface area contributed by atoms with Gasteiger partial charge < -0.3 is 5.11 Å². The fourth-order valence-corrected chi connectivity index (χ4v) is 1.79. The van der Waals surface area contributed by atoms with Gasteiger partial charge in [0.25, 0.3) is 0 Å². The van der Waals surface area contributed by atoms with Crippen LogP contribution in [-0.2, 0) is 0 Å². The van der Waals surface area contributed by atoms with E-state index in [4.69, 9.17) is 5.11 Å². The van der Waals surface area contributed by atoms with Crippen LogP contribution in [0, 0.1) is 0 Å². The molecule has 0 radical (unpaired) electrons. The second-order valence-corrected chi connectivity index (χ2v) is 3.57. The highest BCUT2D eigenvalue weighted by molar-refractivity contribution is 6.09. The summed E-state index contributed by atoms with van der Waals surface area (Å²) in [6.07, 6.45) is 0. The highest BCUT2D eigenvalue weighted by Gasteiger charge is 2.20. The van der Waals surface area contributed by atoms with Gasteiger partial charge in [-0.25, -0.2) is 4.79 Å². The fourth-order valence-electron chi connectivity index (χ4n) is 1.79. The summed E-state index contributed by atoms with van der Waals surface area (Å²) in [5.74, 6) is -1.13. The van der Waals surface area contributed by atoms with Crippen molar-refractivity contribution >= 4 is 11.8 Å². The molecule has 2 aliphatic rings. The number of hydrogen-bond acceptors (Lipinski definition) is 2. The molecule has 0 aromatic heterocycles. The first-order chi connectivity index (χ1) is 7.61. The Morgan fingerprint density at radius 2 is 1.56 bits per heavy atom. The second kappa shape index (κ2) is 3.77. The van der Waals surface area contributed by atoms with Gasteiger partial charge in [0.1, 0.15) is 0 Å². The first-order valence-corrected chi connectivity index (χ1v) is 4.87. The average molecular weight is 214 g/mol. The van der Waals surface area contributed by atoms with Gasteiger partial charge in [0.2, 0.25) is 0 Å². The van der Waals surface area contributed by atoms with E-state index in [0.29, 0.717) is 16.7 Å². The van der Waals surface area contributed by atoms with E-state index in [0.717, 1.165) is 0 Å². The molecule has 80 valence electrons. The molecule has 0 unspecified atom stereocenters. The Balaban J connectivity index is 2.79. The highest BCUT2D eigenvalue weighted by Crippen LogP contribution is 2.31.